The fourth-order valence-electron chi connectivity index (χ4n) is 2.66. The van der Waals surface area contributed by atoms with E-state index < -0.39 is 18.0 Å². The molecule has 0 heterocycles. The van der Waals surface area contributed by atoms with Crippen molar-refractivity contribution in [1.29, 1.82) is 0 Å². The molecule has 5 nitrogen and oxygen atoms in total. The van der Waals surface area contributed by atoms with E-state index in [0.717, 1.165) is 12.8 Å². The summed E-state index contributed by atoms with van der Waals surface area (Å²) in [7, 11) is 0. The molecule has 5 heteroatoms. The minimum Gasteiger partial charge on any atom is -0.481 e. The normalized spacial score (nSPS) is 23.1. The Hall–Kier alpha value is -2.04. The fourth-order valence-corrected chi connectivity index (χ4v) is 2.66. The lowest BCUT2D eigenvalue weighted by Crippen LogP contribution is -2.49. The first-order valence-corrected chi connectivity index (χ1v) is 7.33. The third kappa shape index (κ3) is 4.21. The SMILES string of the molecule is CC(Oc1ccccc1)C(=O)NC1CCCCC1C(=O)O. The Bertz CT molecular complexity index is 488. The van der Waals surface area contributed by atoms with Crippen molar-refractivity contribution in [2.75, 3.05) is 0 Å². The maximum absolute atomic E-state index is 12.2. The molecule has 2 rings (SSSR count). The van der Waals surface area contributed by atoms with Crippen LogP contribution in [-0.4, -0.2) is 29.1 Å². The van der Waals surface area contributed by atoms with Crippen LogP contribution < -0.4 is 10.1 Å². The molecule has 21 heavy (non-hydrogen) atoms. The second-order valence-electron chi connectivity index (χ2n) is 5.42. The Kier molecular flexibility index (Phi) is 5.20. The summed E-state index contributed by atoms with van der Waals surface area (Å²) in [5.74, 6) is -0.973. The highest BCUT2D eigenvalue weighted by Crippen LogP contribution is 2.24. The molecule has 0 aromatic heterocycles. The average Bonchev–Trinajstić information content (AvgIpc) is 2.48. The number of benzene rings is 1. The molecule has 114 valence electrons. The molecule has 1 saturated carbocycles. The number of carbonyl (C=O) groups is 2. The van der Waals surface area contributed by atoms with Crippen LogP contribution in [0.5, 0.6) is 5.75 Å². The molecule has 0 spiro atoms. The maximum Gasteiger partial charge on any atom is 0.308 e. The number of para-hydroxylation sites is 1. The highest BCUT2D eigenvalue weighted by atomic mass is 16.5. The van der Waals surface area contributed by atoms with Crippen LogP contribution in [0.3, 0.4) is 0 Å². The van der Waals surface area contributed by atoms with Crippen molar-refractivity contribution in [3.8, 4) is 5.75 Å². The molecule has 1 aromatic rings. The molecule has 1 aromatic carbocycles. The van der Waals surface area contributed by atoms with Crippen LogP contribution in [0.15, 0.2) is 30.3 Å². The van der Waals surface area contributed by atoms with Crippen molar-refractivity contribution in [3.05, 3.63) is 30.3 Å². The first-order chi connectivity index (χ1) is 10.1. The van der Waals surface area contributed by atoms with Crippen molar-refractivity contribution < 1.29 is 19.4 Å². The van der Waals surface area contributed by atoms with Crippen molar-refractivity contribution in [2.45, 2.75) is 44.8 Å². The molecule has 3 unspecified atom stereocenters. The Morgan fingerprint density at radius 2 is 1.90 bits per heavy atom. The highest BCUT2D eigenvalue weighted by Gasteiger charge is 2.32. The van der Waals surface area contributed by atoms with Gasteiger partial charge in [0.15, 0.2) is 6.10 Å². The maximum atomic E-state index is 12.2. The summed E-state index contributed by atoms with van der Waals surface area (Å²) in [6.45, 7) is 1.67. The molecule has 2 N–H and O–H groups in total. The van der Waals surface area contributed by atoms with E-state index in [1.165, 1.54) is 0 Å². The number of carboxylic acid groups (broad SMARTS) is 1. The van der Waals surface area contributed by atoms with Gasteiger partial charge < -0.3 is 15.2 Å². The number of hydrogen-bond donors (Lipinski definition) is 2. The van der Waals surface area contributed by atoms with Crippen molar-refractivity contribution in [1.82, 2.24) is 5.32 Å². The number of carboxylic acids is 1. The molecule has 0 radical (unpaired) electrons. The molecule has 3 atom stereocenters. The van der Waals surface area contributed by atoms with Crippen molar-refractivity contribution >= 4 is 11.9 Å². The number of nitrogens with one attached hydrogen (secondary N) is 1. The molecule has 0 aliphatic heterocycles. The molecule has 0 saturated heterocycles. The van der Waals surface area contributed by atoms with Gasteiger partial charge in [-0.15, -0.1) is 0 Å². The topological polar surface area (TPSA) is 75.6 Å². The first-order valence-electron chi connectivity index (χ1n) is 7.33. The highest BCUT2D eigenvalue weighted by molar-refractivity contribution is 5.82. The van der Waals surface area contributed by atoms with E-state index in [9.17, 15) is 14.7 Å². The molecule has 1 amide bonds. The Morgan fingerprint density at radius 1 is 1.24 bits per heavy atom. The van der Waals surface area contributed by atoms with Gasteiger partial charge in [-0.05, 0) is 31.9 Å². The first kappa shape index (κ1) is 15.4. The van der Waals surface area contributed by atoms with Crippen LogP contribution in [0, 0.1) is 5.92 Å². The molecular weight excluding hydrogens is 270 g/mol. The molecule has 1 aliphatic rings. The summed E-state index contributed by atoms with van der Waals surface area (Å²) in [5.41, 5.74) is 0. The van der Waals surface area contributed by atoms with Crippen LogP contribution in [-0.2, 0) is 9.59 Å². The van der Waals surface area contributed by atoms with E-state index in [0.29, 0.717) is 18.6 Å². The van der Waals surface area contributed by atoms with E-state index in [4.69, 9.17) is 4.74 Å². The number of amides is 1. The summed E-state index contributed by atoms with van der Waals surface area (Å²) in [4.78, 5) is 23.4. The predicted molar refractivity (Wildman–Crippen MR) is 78.1 cm³/mol. The summed E-state index contributed by atoms with van der Waals surface area (Å²) >= 11 is 0. The van der Waals surface area contributed by atoms with Gasteiger partial charge in [0.2, 0.25) is 0 Å². The lowest BCUT2D eigenvalue weighted by atomic mass is 9.84. The van der Waals surface area contributed by atoms with Crippen LogP contribution in [0.4, 0.5) is 0 Å². The van der Waals surface area contributed by atoms with Crippen molar-refractivity contribution in [2.24, 2.45) is 5.92 Å². The van der Waals surface area contributed by atoms with Crippen LogP contribution >= 0.6 is 0 Å². The van der Waals surface area contributed by atoms with Gasteiger partial charge in [-0.25, -0.2) is 0 Å². The van der Waals surface area contributed by atoms with Crippen LogP contribution in [0.2, 0.25) is 0 Å². The van der Waals surface area contributed by atoms with E-state index in [-0.39, 0.29) is 11.9 Å². The quantitative estimate of drug-likeness (QED) is 0.872. The summed E-state index contributed by atoms with van der Waals surface area (Å²) in [6, 6.07) is 8.81. The van der Waals surface area contributed by atoms with E-state index >= 15 is 0 Å². The van der Waals surface area contributed by atoms with Gasteiger partial charge in [-0.3, -0.25) is 9.59 Å². The second-order valence-corrected chi connectivity index (χ2v) is 5.42. The smallest absolute Gasteiger partial charge is 0.308 e. The van der Waals surface area contributed by atoms with Gasteiger partial charge in [0.25, 0.3) is 5.91 Å². The Labute approximate surface area is 124 Å². The minimum atomic E-state index is -0.836. The Morgan fingerprint density at radius 3 is 2.57 bits per heavy atom. The molecule has 0 bridgehead atoms. The number of aliphatic carboxylic acids is 1. The number of carbonyl (C=O) groups excluding carboxylic acids is 1. The van der Waals surface area contributed by atoms with Crippen LogP contribution in [0.25, 0.3) is 0 Å². The molecule has 1 fully saturated rings. The summed E-state index contributed by atoms with van der Waals surface area (Å²) < 4.78 is 5.55. The van der Waals surface area contributed by atoms with Gasteiger partial charge in [0, 0.05) is 6.04 Å². The van der Waals surface area contributed by atoms with Crippen LogP contribution in [0.1, 0.15) is 32.6 Å². The van der Waals surface area contributed by atoms with E-state index in [2.05, 4.69) is 5.32 Å². The zero-order chi connectivity index (χ0) is 15.2. The Balaban J connectivity index is 1.91. The van der Waals surface area contributed by atoms with Gasteiger partial charge in [-0.2, -0.15) is 0 Å². The number of rotatable bonds is 5. The third-order valence-corrected chi connectivity index (χ3v) is 3.84. The zero-order valence-corrected chi connectivity index (χ0v) is 12.1. The van der Waals surface area contributed by atoms with Crippen molar-refractivity contribution in [3.63, 3.8) is 0 Å². The lowest BCUT2D eigenvalue weighted by Gasteiger charge is -2.30. The zero-order valence-electron chi connectivity index (χ0n) is 12.1. The fraction of sp³-hybridized carbons (Fsp3) is 0.500. The number of ether oxygens (including phenoxy) is 1. The largest absolute Gasteiger partial charge is 0.481 e. The minimum absolute atomic E-state index is 0.267. The predicted octanol–water partition coefficient (Wildman–Crippen LogP) is 2.21. The van der Waals surface area contributed by atoms with Gasteiger partial charge in [0.1, 0.15) is 5.75 Å². The lowest BCUT2D eigenvalue weighted by molar-refractivity contribution is -0.144. The standard InChI is InChI=1S/C16H21NO4/c1-11(21-12-7-3-2-4-8-12)15(18)17-14-10-6-5-9-13(14)16(19)20/h2-4,7-8,11,13-14H,5-6,9-10H2,1H3,(H,17,18)(H,19,20). The van der Waals surface area contributed by atoms with E-state index in [1.807, 2.05) is 18.2 Å². The van der Waals surface area contributed by atoms with E-state index in [1.54, 1.807) is 19.1 Å². The van der Waals surface area contributed by atoms with Gasteiger partial charge in [0.05, 0.1) is 5.92 Å². The second kappa shape index (κ2) is 7.11. The molecular formula is C16H21NO4. The summed E-state index contributed by atoms with van der Waals surface area (Å²) in [5, 5.41) is 12.0. The third-order valence-electron chi connectivity index (χ3n) is 3.84. The molecule has 1 aliphatic carbocycles. The average molecular weight is 291 g/mol. The monoisotopic (exact) mass is 291 g/mol. The van der Waals surface area contributed by atoms with Gasteiger partial charge >= 0.3 is 5.97 Å². The number of hydrogen-bond acceptors (Lipinski definition) is 3. The summed E-state index contributed by atoms with van der Waals surface area (Å²) in [6.07, 6.45) is 2.53. The van der Waals surface area contributed by atoms with Gasteiger partial charge in [-0.1, -0.05) is 31.0 Å².